The molecule has 2 aliphatic heterocycles. The highest BCUT2D eigenvalue weighted by Crippen LogP contribution is 2.61. The van der Waals surface area contributed by atoms with E-state index in [2.05, 4.69) is 38.1 Å². The average Bonchev–Trinajstić information content (AvgIpc) is 3.20. The summed E-state index contributed by atoms with van der Waals surface area (Å²) >= 11 is 20.0. The fourth-order valence-corrected chi connectivity index (χ4v) is 9.79. The van der Waals surface area contributed by atoms with Gasteiger partial charge in [0, 0.05) is 19.9 Å². The van der Waals surface area contributed by atoms with Gasteiger partial charge in [0.1, 0.15) is 0 Å². The highest BCUT2D eigenvalue weighted by molar-refractivity contribution is 8.32. The number of benzene rings is 2. The Kier molecular flexibility index (Phi) is 5.99. The van der Waals surface area contributed by atoms with Gasteiger partial charge in [0.05, 0.1) is 9.16 Å². The van der Waals surface area contributed by atoms with Gasteiger partial charge in [0.2, 0.25) is 0 Å². The molecule has 0 saturated carbocycles. The number of halogens is 2. The van der Waals surface area contributed by atoms with Gasteiger partial charge in [-0.25, -0.2) is 0 Å². The third-order valence-electron chi connectivity index (χ3n) is 4.13. The van der Waals surface area contributed by atoms with Crippen LogP contribution in [-0.4, -0.2) is 9.16 Å². The van der Waals surface area contributed by atoms with Crippen LogP contribution in [0.3, 0.4) is 0 Å². The van der Waals surface area contributed by atoms with Crippen LogP contribution in [0.2, 0.25) is 10.0 Å². The molecule has 26 heavy (non-hydrogen) atoms. The van der Waals surface area contributed by atoms with Crippen LogP contribution >= 0.6 is 70.2 Å². The molecule has 0 amide bonds. The van der Waals surface area contributed by atoms with E-state index >= 15 is 0 Å². The minimum absolute atomic E-state index is 0.510. The summed E-state index contributed by atoms with van der Waals surface area (Å²) in [6, 6.07) is 16.4. The molecule has 2 atom stereocenters. The van der Waals surface area contributed by atoms with Crippen LogP contribution in [0.25, 0.3) is 9.81 Å². The van der Waals surface area contributed by atoms with Crippen molar-refractivity contribution in [2.24, 2.45) is 0 Å². The molecule has 2 heterocycles. The monoisotopic (exact) mass is 454 g/mol. The number of hydrogen-bond donors (Lipinski definition) is 0. The van der Waals surface area contributed by atoms with Crippen LogP contribution < -0.4 is 0 Å². The van der Waals surface area contributed by atoms with Gasteiger partial charge in [-0.05, 0) is 59.1 Å². The first kappa shape index (κ1) is 19.2. The Hall–Kier alpha value is -0.100. The maximum absolute atomic E-state index is 6.04. The lowest BCUT2D eigenvalue weighted by molar-refractivity contribution is 1.38. The van der Waals surface area contributed by atoms with E-state index in [0.29, 0.717) is 9.16 Å². The maximum atomic E-state index is 6.04. The van der Waals surface area contributed by atoms with Crippen molar-refractivity contribution in [3.63, 3.8) is 0 Å². The molecule has 2 aromatic rings. The molecule has 0 spiro atoms. The zero-order valence-corrected chi connectivity index (χ0v) is 18.9. The van der Waals surface area contributed by atoms with Crippen LogP contribution in [-0.2, 0) is 0 Å². The molecule has 0 radical (unpaired) electrons. The van der Waals surface area contributed by atoms with Crippen LogP contribution in [0.1, 0.15) is 25.0 Å². The molecule has 2 unspecified atom stereocenters. The predicted molar refractivity (Wildman–Crippen MR) is 126 cm³/mol. The van der Waals surface area contributed by atoms with Crippen molar-refractivity contribution >= 4 is 80.1 Å². The van der Waals surface area contributed by atoms with Crippen LogP contribution in [0.5, 0.6) is 0 Å². The van der Waals surface area contributed by atoms with Crippen LogP contribution in [0, 0.1) is 0 Å². The molecule has 0 saturated heterocycles. The minimum Gasteiger partial charge on any atom is -0.113 e. The molecule has 0 nitrogen and oxygen atoms in total. The highest BCUT2D eigenvalue weighted by atomic mass is 35.5. The van der Waals surface area contributed by atoms with Gasteiger partial charge < -0.3 is 0 Å². The fraction of sp³-hybridized carbons (Fsp3) is 0.200. The molecule has 0 N–H and O–H groups in total. The summed E-state index contributed by atoms with van der Waals surface area (Å²) in [7, 11) is 0. The van der Waals surface area contributed by atoms with Crippen molar-refractivity contribution in [3.8, 4) is 0 Å². The van der Waals surface area contributed by atoms with E-state index in [9.17, 15) is 0 Å². The van der Waals surface area contributed by atoms with Gasteiger partial charge in [-0.1, -0.05) is 47.5 Å². The SMILES string of the molecule is CC1=C(c2ccc(Cl)cc2)SC(C2SC(C)=C(c3ccc(Cl)cc3)S2)S1. The van der Waals surface area contributed by atoms with Crippen molar-refractivity contribution in [2.45, 2.75) is 23.0 Å². The lowest BCUT2D eigenvalue weighted by Gasteiger charge is -2.16. The Morgan fingerprint density at radius 2 is 0.923 bits per heavy atom. The summed E-state index contributed by atoms with van der Waals surface area (Å²) in [5.41, 5.74) is 2.53. The van der Waals surface area contributed by atoms with Crippen molar-refractivity contribution in [2.75, 3.05) is 0 Å². The van der Waals surface area contributed by atoms with Crippen LogP contribution in [0.4, 0.5) is 0 Å². The summed E-state index contributed by atoms with van der Waals surface area (Å²) in [5, 5.41) is 1.57. The zero-order chi connectivity index (χ0) is 18.3. The second-order valence-electron chi connectivity index (χ2n) is 5.99. The second-order valence-corrected chi connectivity index (χ2v) is 12.5. The van der Waals surface area contributed by atoms with Crippen LogP contribution in [0.15, 0.2) is 58.3 Å². The molecular weight excluding hydrogens is 439 g/mol. The zero-order valence-electron chi connectivity index (χ0n) is 14.2. The first-order chi connectivity index (χ1) is 12.5. The highest BCUT2D eigenvalue weighted by Gasteiger charge is 2.36. The van der Waals surface area contributed by atoms with E-state index < -0.39 is 0 Å². The molecule has 2 aromatic carbocycles. The van der Waals surface area contributed by atoms with Crippen molar-refractivity contribution < 1.29 is 0 Å². The summed E-state index contributed by atoms with van der Waals surface area (Å²) in [6.45, 7) is 4.46. The number of allylic oxidation sites excluding steroid dienone is 2. The van der Waals surface area contributed by atoms with E-state index in [1.807, 2.05) is 71.3 Å². The predicted octanol–water partition coefficient (Wildman–Crippen LogP) is 8.68. The van der Waals surface area contributed by atoms with Gasteiger partial charge >= 0.3 is 0 Å². The first-order valence-electron chi connectivity index (χ1n) is 8.11. The van der Waals surface area contributed by atoms with E-state index in [-0.39, 0.29) is 0 Å². The lowest BCUT2D eigenvalue weighted by atomic mass is 10.2. The Labute approximate surface area is 181 Å². The molecule has 0 bridgehead atoms. The van der Waals surface area contributed by atoms with Gasteiger partial charge in [-0.3, -0.25) is 0 Å². The summed E-state index contributed by atoms with van der Waals surface area (Å²) in [6.07, 6.45) is 0. The topological polar surface area (TPSA) is 0 Å². The van der Waals surface area contributed by atoms with E-state index in [0.717, 1.165) is 10.0 Å². The number of hydrogen-bond acceptors (Lipinski definition) is 4. The standard InChI is InChI=1S/C20H16Cl2S4/c1-11-17(13-3-7-15(21)8-4-13)25-19(23-11)20-24-12(2)18(26-20)14-5-9-16(22)10-6-14/h3-10,19-20H,1-2H3. The lowest BCUT2D eigenvalue weighted by Crippen LogP contribution is -2.07. The van der Waals surface area contributed by atoms with E-state index in [1.54, 1.807) is 0 Å². The summed E-state index contributed by atoms with van der Waals surface area (Å²) in [5.74, 6) is 0. The van der Waals surface area contributed by atoms with E-state index in [4.69, 9.17) is 23.2 Å². The minimum atomic E-state index is 0.510. The Balaban J connectivity index is 1.48. The molecule has 6 heteroatoms. The fourth-order valence-electron chi connectivity index (χ4n) is 2.87. The molecular formula is C20H16Cl2S4. The average molecular weight is 456 g/mol. The molecule has 4 rings (SSSR count). The molecule has 0 aromatic heterocycles. The number of thioether (sulfide) groups is 4. The summed E-state index contributed by atoms with van der Waals surface area (Å²) in [4.78, 5) is 5.58. The largest absolute Gasteiger partial charge is 0.113 e. The Morgan fingerprint density at radius 1 is 0.577 bits per heavy atom. The summed E-state index contributed by atoms with van der Waals surface area (Å²) < 4.78 is 1.02. The Bertz CT molecular complexity index is 810. The van der Waals surface area contributed by atoms with Gasteiger partial charge in [-0.2, -0.15) is 0 Å². The third-order valence-corrected chi connectivity index (χ3v) is 11.4. The molecule has 2 aliphatic rings. The van der Waals surface area contributed by atoms with Crippen molar-refractivity contribution in [1.82, 2.24) is 0 Å². The first-order valence-corrected chi connectivity index (χ1v) is 12.4. The number of rotatable bonds is 3. The van der Waals surface area contributed by atoms with Crippen molar-refractivity contribution in [3.05, 3.63) is 79.5 Å². The van der Waals surface area contributed by atoms with E-state index in [1.165, 1.54) is 30.7 Å². The smallest absolute Gasteiger partial charge is 0.0811 e. The Morgan fingerprint density at radius 3 is 1.27 bits per heavy atom. The van der Waals surface area contributed by atoms with Gasteiger partial charge in [0.25, 0.3) is 0 Å². The quantitative estimate of drug-likeness (QED) is 0.454. The van der Waals surface area contributed by atoms with Gasteiger partial charge in [-0.15, -0.1) is 47.0 Å². The second kappa shape index (κ2) is 8.10. The normalized spacial score (nSPS) is 23.2. The molecule has 134 valence electrons. The third kappa shape index (κ3) is 4.01. The maximum Gasteiger partial charge on any atom is 0.0811 e. The molecule has 0 aliphatic carbocycles. The van der Waals surface area contributed by atoms with Gasteiger partial charge in [0.15, 0.2) is 0 Å². The molecule has 0 fully saturated rings. The van der Waals surface area contributed by atoms with Crippen molar-refractivity contribution in [1.29, 1.82) is 0 Å².